The Bertz CT molecular complexity index is 494. The van der Waals surface area contributed by atoms with E-state index in [1.54, 1.807) is 0 Å². The molecule has 0 amide bonds. The van der Waals surface area contributed by atoms with Gasteiger partial charge in [-0.2, -0.15) is 0 Å². The number of hydrogen-bond donors (Lipinski definition) is 3. The molecule has 0 unspecified atom stereocenters. The van der Waals surface area contributed by atoms with Gasteiger partial charge in [-0.15, -0.1) is 0 Å². The lowest BCUT2D eigenvalue weighted by molar-refractivity contribution is -0.139. The second-order valence-corrected chi connectivity index (χ2v) is 6.23. The zero-order valence-corrected chi connectivity index (χ0v) is 12.9. The van der Waals surface area contributed by atoms with Crippen molar-refractivity contribution in [1.82, 2.24) is 4.90 Å². The molecule has 0 aromatic heterocycles. The van der Waals surface area contributed by atoms with Crippen LogP contribution in [0.5, 0.6) is 0 Å². The molecule has 0 saturated carbocycles. The molecule has 2 rings (SSSR count). The molecular formula is C15H24FN3O3. The number of amidine groups is 1. The van der Waals surface area contributed by atoms with Gasteiger partial charge < -0.3 is 25.6 Å². The van der Waals surface area contributed by atoms with Crippen LogP contribution in [0.15, 0.2) is 29.7 Å². The number of nitrogens with two attached hydrogens (primary N) is 1. The number of alkyl halides is 1. The smallest absolute Gasteiger partial charge is 0.174 e. The summed E-state index contributed by atoms with van der Waals surface area (Å²) >= 11 is 0. The van der Waals surface area contributed by atoms with Gasteiger partial charge in [0, 0.05) is 6.20 Å². The second kappa shape index (κ2) is 6.36. The first-order valence-corrected chi connectivity index (χ1v) is 7.41. The van der Waals surface area contributed by atoms with Gasteiger partial charge in [0.15, 0.2) is 12.4 Å². The highest BCUT2D eigenvalue weighted by Crippen LogP contribution is 2.40. The third-order valence-electron chi connectivity index (χ3n) is 4.12. The first kappa shape index (κ1) is 16.9. The number of nitrogens with zero attached hydrogens (tertiary/aromatic N) is 2. The highest BCUT2D eigenvalue weighted by atomic mass is 19.1. The fourth-order valence-electron chi connectivity index (χ4n) is 2.70. The molecule has 2 aliphatic heterocycles. The van der Waals surface area contributed by atoms with E-state index in [2.05, 4.69) is 11.6 Å². The van der Waals surface area contributed by atoms with Gasteiger partial charge in [-0.1, -0.05) is 20.4 Å². The van der Waals surface area contributed by atoms with Crippen LogP contribution in [-0.4, -0.2) is 51.7 Å². The molecule has 124 valence electrons. The Morgan fingerprint density at radius 2 is 2.27 bits per heavy atom. The summed E-state index contributed by atoms with van der Waals surface area (Å²) in [6.45, 7) is 7.30. The lowest BCUT2D eigenvalue weighted by Crippen LogP contribution is -2.45. The van der Waals surface area contributed by atoms with E-state index in [1.165, 1.54) is 17.2 Å². The Hall–Kier alpha value is -1.44. The van der Waals surface area contributed by atoms with E-state index in [9.17, 15) is 14.6 Å². The molecule has 4 atom stereocenters. The van der Waals surface area contributed by atoms with Crippen molar-refractivity contribution in [2.24, 2.45) is 16.6 Å². The summed E-state index contributed by atoms with van der Waals surface area (Å²) in [5.74, 6) is 0.853. The fourth-order valence-corrected chi connectivity index (χ4v) is 2.70. The van der Waals surface area contributed by atoms with Crippen LogP contribution in [0.1, 0.15) is 26.7 Å². The van der Waals surface area contributed by atoms with Crippen LogP contribution in [0.3, 0.4) is 0 Å². The van der Waals surface area contributed by atoms with E-state index >= 15 is 0 Å². The van der Waals surface area contributed by atoms with Crippen molar-refractivity contribution < 1.29 is 19.3 Å². The third-order valence-corrected chi connectivity index (χ3v) is 4.12. The standard InChI is InChI=1S/C15H24FN3O3/c1-9(2)4-6-15(8-20)13(21)12(16)14(22-15)19-7-5-11(17)18-10(19)3/h5,7,9,12-14,20-21H,3-4,6,8H2,1-2H3,(H2,17,18)/t12-,13+,14-,15-/m1/s1. The van der Waals surface area contributed by atoms with Crippen molar-refractivity contribution in [3.05, 3.63) is 24.7 Å². The number of ether oxygens (including phenoxy) is 1. The normalized spacial score (nSPS) is 35.4. The van der Waals surface area contributed by atoms with Crippen molar-refractivity contribution in [2.45, 2.75) is 50.8 Å². The maximum Gasteiger partial charge on any atom is 0.174 e. The van der Waals surface area contributed by atoms with E-state index in [0.717, 1.165) is 0 Å². The van der Waals surface area contributed by atoms with Crippen molar-refractivity contribution in [2.75, 3.05) is 6.61 Å². The van der Waals surface area contributed by atoms with E-state index < -0.39 is 30.7 Å². The van der Waals surface area contributed by atoms with Gasteiger partial charge in [0.05, 0.1) is 6.61 Å². The quantitative estimate of drug-likeness (QED) is 0.700. The molecule has 1 saturated heterocycles. The monoisotopic (exact) mass is 313 g/mol. The van der Waals surface area contributed by atoms with Crippen molar-refractivity contribution in [3.8, 4) is 0 Å². The van der Waals surface area contributed by atoms with Crippen molar-refractivity contribution in [3.63, 3.8) is 0 Å². The van der Waals surface area contributed by atoms with Crippen LogP contribution in [0.25, 0.3) is 0 Å². The minimum Gasteiger partial charge on any atom is -0.393 e. The molecule has 2 heterocycles. The Morgan fingerprint density at radius 3 is 2.82 bits per heavy atom. The molecule has 6 nitrogen and oxygen atoms in total. The van der Waals surface area contributed by atoms with Gasteiger partial charge in [-0.25, -0.2) is 9.38 Å². The average molecular weight is 313 g/mol. The lowest BCUT2D eigenvalue weighted by Gasteiger charge is -2.33. The van der Waals surface area contributed by atoms with Crippen LogP contribution in [0.4, 0.5) is 4.39 Å². The fraction of sp³-hybridized carbons (Fsp3) is 0.667. The SMILES string of the molecule is C=C1N=C(N)C=CN1[C@@H]1O[C@@](CO)(CCC(C)C)[C@@H](O)[C@H]1F. The predicted molar refractivity (Wildman–Crippen MR) is 81.4 cm³/mol. The molecule has 22 heavy (non-hydrogen) atoms. The molecule has 0 bridgehead atoms. The van der Waals surface area contributed by atoms with E-state index in [-0.39, 0.29) is 11.7 Å². The minimum atomic E-state index is -1.68. The average Bonchev–Trinajstić information content (AvgIpc) is 2.71. The zero-order valence-electron chi connectivity index (χ0n) is 12.9. The minimum absolute atomic E-state index is 0.234. The molecule has 4 N–H and O–H groups in total. The molecule has 2 aliphatic rings. The summed E-state index contributed by atoms with van der Waals surface area (Å²) < 4.78 is 20.3. The van der Waals surface area contributed by atoms with E-state index in [1.807, 2.05) is 13.8 Å². The van der Waals surface area contributed by atoms with Gasteiger partial charge in [-0.3, -0.25) is 0 Å². The van der Waals surface area contributed by atoms with Crippen LogP contribution in [0, 0.1) is 5.92 Å². The number of aliphatic hydroxyl groups excluding tert-OH is 2. The maximum absolute atomic E-state index is 14.6. The van der Waals surface area contributed by atoms with Gasteiger partial charge >= 0.3 is 0 Å². The number of aliphatic hydroxyl groups is 2. The van der Waals surface area contributed by atoms with Crippen LogP contribution >= 0.6 is 0 Å². The largest absolute Gasteiger partial charge is 0.393 e. The predicted octanol–water partition coefficient (Wildman–Crippen LogP) is 0.867. The summed E-state index contributed by atoms with van der Waals surface area (Å²) in [5.41, 5.74) is 4.25. The van der Waals surface area contributed by atoms with Gasteiger partial charge in [0.2, 0.25) is 0 Å². The third kappa shape index (κ3) is 3.02. The highest BCUT2D eigenvalue weighted by molar-refractivity contribution is 5.92. The molecule has 0 aromatic rings. The Balaban J connectivity index is 2.19. The molecule has 7 heteroatoms. The van der Waals surface area contributed by atoms with Gasteiger partial charge in [0.1, 0.15) is 23.4 Å². The highest BCUT2D eigenvalue weighted by Gasteiger charge is 2.56. The Labute approximate surface area is 129 Å². The number of rotatable bonds is 5. The maximum atomic E-state index is 14.6. The summed E-state index contributed by atoms with van der Waals surface area (Å²) in [6, 6.07) is 0. The van der Waals surface area contributed by atoms with Crippen molar-refractivity contribution >= 4 is 5.84 Å². The summed E-state index contributed by atoms with van der Waals surface area (Å²) in [4.78, 5) is 5.35. The first-order valence-electron chi connectivity index (χ1n) is 7.41. The van der Waals surface area contributed by atoms with Crippen LogP contribution in [0.2, 0.25) is 0 Å². The van der Waals surface area contributed by atoms with Crippen LogP contribution < -0.4 is 5.73 Å². The summed E-state index contributed by atoms with van der Waals surface area (Å²) in [7, 11) is 0. The zero-order chi connectivity index (χ0) is 16.5. The lowest BCUT2D eigenvalue weighted by atomic mass is 9.89. The molecule has 0 spiro atoms. The molecular weight excluding hydrogens is 289 g/mol. The number of hydrogen-bond acceptors (Lipinski definition) is 6. The van der Waals surface area contributed by atoms with E-state index in [4.69, 9.17) is 10.5 Å². The molecule has 0 radical (unpaired) electrons. The van der Waals surface area contributed by atoms with E-state index in [0.29, 0.717) is 18.8 Å². The topological polar surface area (TPSA) is 91.3 Å². The number of halogens is 1. The Kier molecular flexibility index (Phi) is 4.89. The van der Waals surface area contributed by atoms with Crippen molar-refractivity contribution in [1.29, 1.82) is 0 Å². The number of aliphatic imine (C=N–C) groups is 1. The first-order chi connectivity index (χ1) is 10.3. The van der Waals surface area contributed by atoms with Gasteiger partial charge in [-0.05, 0) is 24.8 Å². The van der Waals surface area contributed by atoms with Gasteiger partial charge in [0.25, 0.3) is 0 Å². The Morgan fingerprint density at radius 1 is 1.59 bits per heavy atom. The van der Waals surface area contributed by atoms with Crippen LogP contribution in [-0.2, 0) is 4.74 Å². The second-order valence-electron chi connectivity index (χ2n) is 6.23. The molecule has 0 aromatic carbocycles. The summed E-state index contributed by atoms with van der Waals surface area (Å²) in [6.07, 6.45) is -0.0848. The molecule has 1 fully saturated rings. The molecule has 0 aliphatic carbocycles. The summed E-state index contributed by atoms with van der Waals surface area (Å²) in [5, 5.41) is 19.9.